The quantitative estimate of drug-likeness (QED) is 0.422. The van der Waals surface area contributed by atoms with Gasteiger partial charge < -0.3 is 4.74 Å². The predicted molar refractivity (Wildman–Crippen MR) is 97.6 cm³/mol. The van der Waals surface area contributed by atoms with Gasteiger partial charge in [0.2, 0.25) is 0 Å². The van der Waals surface area contributed by atoms with Gasteiger partial charge in [-0.15, -0.1) is 0 Å². The molecule has 0 saturated heterocycles. The summed E-state index contributed by atoms with van der Waals surface area (Å²) in [5.41, 5.74) is 4.01. The lowest BCUT2D eigenvalue weighted by Gasteiger charge is -2.06. The van der Waals surface area contributed by atoms with Gasteiger partial charge in [0.25, 0.3) is 5.91 Å². The number of carbonyl (C=O) groups is 1. The van der Waals surface area contributed by atoms with E-state index in [9.17, 15) is 4.79 Å². The van der Waals surface area contributed by atoms with E-state index in [1.807, 2.05) is 42.5 Å². The third-order valence-corrected chi connectivity index (χ3v) is 3.56. The van der Waals surface area contributed by atoms with Gasteiger partial charge in [-0.05, 0) is 36.2 Å². The SMILES string of the molecule is CCCCCCOc1ccc(C(=O)NN=Cc2ccccc2)cc1. The summed E-state index contributed by atoms with van der Waals surface area (Å²) in [7, 11) is 0. The summed E-state index contributed by atoms with van der Waals surface area (Å²) in [6, 6.07) is 16.7. The van der Waals surface area contributed by atoms with Gasteiger partial charge in [0.05, 0.1) is 12.8 Å². The lowest BCUT2D eigenvalue weighted by Crippen LogP contribution is -2.17. The number of hydrazone groups is 1. The minimum Gasteiger partial charge on any atom is -0.494 e. The number of benzene rings is 2. The van der Waals surface area contributed by atoms with E-state index in [0.29, 0.717) is 12.2 Å². The standard InChI is InChI=1S/C20H24N2O2/c1-2-3-4-8-15-24-19-13-11-18(12-14-19)20(23)22-21-16-17-9-6-5-7-10-17/h5-7,9-14,16H,2-4,8,15H2,1H3,(H,22,23). The first-order valence-electron chi connectivity index (χ1n) is 8.41. The molecule has 0 heterocycles. The molecule has 0 unspecified atom stereocenters. The van der Waals surface area contributed by atoms with Crippen molar-refractivity contribution in [3.63, 3.8) is 0 Å². The summed E-state index contributed by atoms with van der Waals surface area (Å²) < 4.78 is 5.66. The number of carbonyl (C=O) groups excluding carboxylic acids is 1. The van der Waals surface area contributed by atoms with Crippen LogP contribution in [0.1, 0.15) is 48.5 Å². The molecule has 0 aliphatic rings. The number of amides is 1. The van der Waals surface area contributed by atoms with E-state index in [2.05, 4.69) is 17.5 Å². The van der Waals surface area contributed by atoms with Crippen LogP contribution < -0.4 is 10.2 Å². The fraction of sp³-hybridized carbons (Fsp3) is 0.300. The Morgan fingerprint density at radius 1 is 1.04 bits per heavy atom. The molecule has 24 heavy (non-hydrogen) atoms. The van der Waals surface area contributed by atoms with Crippen LogP contribution in [-0.2, 0) is 0 Å². The Morgan fingerprint density at radius 3 is 2.50 bits per heavy atom. The molecule has 0 fully saturated rings. The average Bonchev–Trinajstić information content (AvgIpc) is 2.63. The van der Waals surface area contributed by atoms with E-state index in [-0.39, 0.29) is 5.91 Å². The first-order chi connectivity index (χ1) is 11.8. The smallest absolute Gasteiger partial charge is 0.271 e. The van der Waals surface area contributed by atoms with Crippen LogP contribution in [0.3, 0.4) is 0 Å². The molecule has 0 atom stereocenters. The Labute approximate surface area is 143 Å². The van der Waals surface area contributed by atoms with Gasteiger partial charge in [0.1, 0.15) is 5.75 Å². The van der Waals surface area contributed by atoms with E-state index in [1.54, 1.807) is 18.3 Å². The van der Waals surface area contributed by atoms with Gasteiger partial charge in [0, 0.05) is 5.56 Å². The van der Waals surface area contributed by atoms with Crippen LogP contribution >= 0.6 is 0 Å². The van der Waals surface area contributed by atoms with Crippen LogP contribution in [0.2, 0.25) is 0 Å². The van der Waals surface area contributed by atoms with Gasteiger partial charge in [0.15, 0.2) is 0 Å². The van der Waals surface area contributed by atoms with Gasteiger partial charge in [-0.25, -0.2) is 5.43 Å². The first kappa shape index (κ1) is 17.7. The maximum Gasteiger partial charge on any atom is 0.271 e. The first-order valence-corrected chi connectivity index (χ1v) is 8.41. The maximum absolute atomic E-state index is 12.0. The number of rotatable bonds is 9. The molecule has 0 saturated carbocycles. The van der Waals surface area contributed by atoms with Gasteiger partial charge >= 0.3 is 0 Å². The van der Waals surface area contributed by atoms with E-state index in [1.165, 1.54) is 19.3 Å². The fourth-order valence-corrected chi connectivity index (χ4v) is 2.19. The summed E-state index contributed by atoms with van der Waals surface area (Å²) in [6.45, 7) is 2.90. The number of unbranched alkanes of at least 4 members (excludes halogenated alkanes) is 3. The number of hydrogen-bond acceptors (Lipinski definition) is 3. The van der Waals surface area contributed by atoms with Crippen molar-refractivity contribution in [3.05, 3.63) is 65.7 Å². The van der Waals surface area contributed by atoms with E-state index >= 15 is 0 Å². The third-order valence-electron chi connectivity index (χ3n) is 3.56. The Bertz CT molecular complexity index is 636. The Kier molecular flexibility index (Phi) is 7.54. The molecule has 0 aromatic heterocycles. The van der Waals surface area contributed by atoms with E-state index in [4.69, 9.17) is 4.74 Å². The zero-order chi connectivity index (χ0) is 17.0. The fourth-order valence-electron chi connectivity index (χ4n) is 2.19. The van der Waals surface area contributed by atoms with Crippen LogP contribution in [-0.4, -0.2) is 18.7 Å². The lowest BCUT2D eigenvalue weighted by molar-refractivity contribution is 0.0955. The lowest BCUT2D eigenvalue weighted by atomic mass is 10.2. The summed E-state index contributed by atoms with van der Waals surface area (Å²) in [6.07, 6.45) is 6.33. The second kappa shape index (κ2) is 10.2. The monoisotopic (exact) mass is 324 g/mol. The third kappa shape index (κ3) is 6.24. The minimum absolute atomic E-state index is 0.239. The van der Waals surface area contributed by atoms with Gasteiger partial charge in [-0.1, -0.05) is 56.5 Å². The molecule has 2 aromatic rings. The predicted octanol–water partition coefficient (Wildman–Crippen LogP) is 4.41. The van der Waals surface area contributed by atoms with Crippen LogP contribution in [0.15, 0.2) is 59.7 Å². The molecular formula is C20H24N2O2. The topological polar surface area (TPSA) is 50.7 Å². The largest absolute Gasteiger partial charge is 0.494 e. The molecule has 0 bridgehead atoms. The van der Waals surface area contributed by atoms with Crippen LogP contribution in [0, 0.1) is 0 Å². The normalized spacial score (nSPS) is 10.7. The molecule has 4 nitrogen and oxygen atoms in total. The molecule has 0 aliphatic carbocycles. The molecule has 0 radical (unpaired) electrons. The zero-order valence-electron chi connectivity index (χ0n) is 14.1. The van der Waals surface area contributed by atoms with Crippen molar-refractivity contribution in [1.82, 2.24) is 5.43 Å². The van der Waals surface area contributed by atoms with Crippen molar-refractivity contribution in [1.29, 1.82) is 0 Å². The molecule has 2 rings (SSSR count). The van der Waals surface area contributed by atoms with Crippen molar-refractivity contribution < 1.29 is 9.53 Å². The second-order valence-corrected chi connectivity index (χ2v) is 5.54. The Morgan fingerprint density at radius 2 is 1.79 bits per heavy atom. The highest BCUT2D eigenvalue weighted by atomic mass is 16.5. The molecule has 2 aromatic carbocycles. The molecule has 1 N–H and O–H groups in total. The molecule has 0 spiro atoms. The number of hydrogen-bond donors (Lipinski definition) is 1. The van der Waals surface area contributed by atoms with Crippen LogP contribution in [0.5, 0.6) is 5.75 Å². The van der Waals surface area contributed by atoms with Crippen molar-refractivity contribution >= 4 is 12.1 Å². The average molecular weight is 324 g/mol. The number of nitrogens with zero attached hydrogens (tertiary/aromatic N) is 1. The highest BCUT2D eigenvalue weighted by molar-refractivity contribution is 5.94. The van der Waals surface area contributed by atoms with Crippen molar-refractivity contribution in [2.75, 3.05) is 6.61 Å². The van der Waals surface area contributed by atoms with E-state index in [0.717, 1.165) is 17.7 Å². The number of nitrogens with one attached hydrogen (secondary N) is 1. The molecule has 126 valence electrons. The highest BCUT2D eigenvalue weighted by Gasteiger charge is 2.04. The van der Waals surface area contributed by atoms with Crippen molar-refractivity contribution in [2.24, 2.45) is 5.10 Å². The minimum atomic E-state index is -0.239. The maximum atomic E-state index is 12.0. The summed E-state index contributed by atoms with van der Waals surface area (Å²) in [4.78, 5) is 12.0. The summed E-state index contributed by atoms with van der Waals surface area (Å²) in [5.74, 6) is 0.549. The number of ether oxygens (including phenoxy) is 1. The Hall–Kier alpha value is -2.62. The van der Waals surface area contributed by atoms with Crippen molar-refractivity contribution in [2.45, 2.75) is 32.6 Å². The highest BCUT2D eigenvalue weighted by Crippen LogP contribution is 2.13. The summed E-state index contributed by atoms with van der Waals surface area (Å²) in [5, 5.41) is 3.96. The summed E-state index contributed by atoms with van der Waals surface area (Å²) >= 11 is 0. The van der Waals surface area contributed by atoms with Crippen LogP contribution in [0.4, 0.5) is 0 Å². The van der Waals surface area contributed by atoms with Gasteiger partial charge in [-0.2, -0.15) is 5.10 Å². The van der Waals surface area contributed by atoms with Crippen molar-refractivity contribution in [3.8, 4) is 5.75 Å². The second-order valence-electron chi connectivity index (χ2n) is 5.54. The zero-order valence-corrected chi connectivity index (χ0v) is 14.1. The van der Waals surface area contributed by atoms with Crippen LogP contribution in [0.25, 0.3) is 0 Å². The Balaban J connectivity index is 1.77. The van der Waals surface area contributed by atoms with Gasteiger partial charge in [-0.3, -0.25) is 4.79 Å². The molecule has 0 aliphatic heterocycles. The molecule has 4 heteroatoms. The molecular weight excluding hydrogens is 300 g/mol. The van der Waals surface area contributed by atoms with E-state index < -0.39 is 0 Å². The molecule has 1 amide bonds.